The summed E-state index contributed by atoms with van der Waals surface area (Å²) in [5.74, 6) is -0.716. The first-order valence-electron chi connectivity index (χ1n) is 4.87. The number of dihydropyridines is 1. The van der Waals surface area contributed by atoms with Crippen LogP contribution < -0.4 is 5.32 Å². The van der Waals surface area contributed by atoms with E-state index in [2.05, 4.69) is 5.32 Å². The van der Waals surface area contributed by atoms with E-state index in [1.165, 1.54) is 0 Å². The molecular formula is C10H14N2O2. The van der Waals surface area contributed by atoms with Gasteiger partial charge in [0.1, 0.15) is 6.04 Å². The first-order chi connectivity index (χ1) is 6.79. The number of hydrogen-bond acceptors (Lipinski definition) is 3. The molecule has 0 aromatic rings. The first kappa shape index (κ1) is 9.27. The molecule has 2 aliphatic rings. The summed E-state index contributed by atoms with van der Waals surface area (Å²) in [6.07, 6.45) is 9.45. The van der Waals surface area contributed by atoms with Gasteiger partial charge in [-0.15, -0.1) is 0 Å². The molecule has 0 aromatic heterocycles. The third-order valence-electron chi connectivity index (χ3n) is 2.70. The van der Waals surface area contributed by atoms with Crippen LogP contribution in [-0.2, 0) is 4.79 Å². The summed E-state index contributed by atoms with van der Waals surface area (Å²) < 4.78 is 0. The highest BCUT2D eigenvalue weighted by Gasteiger charge is 2.34. The zero-order valence-corrected chi connectivity index (χ0v) is 7.89. The molecule has 0 bridgehead atoms. The van der Waals surface area contributed by atoms with Crippen molar-refractivity contribution < 1.29 is 9.90 Å². The molecule has 2 heterocycles. The average molecular weight is 194 g/mol. The van der Waals surface area contributed by atoms with Crippen molar-refractivity contribution in [3.63, 3.8) is 0 Å². The summed E-state index contributed by atoms with van der Waals surface area (Å²) in [5, 5.41) is 12.1. The van der Waals surface area contributed by atoms with Crippen LogP contribution in [0.25, 0.3) is 0 Å². The van der Waals surface area contributed by atoms with Crippen molar-refractivity contribution in [2.45, 2.75) is 25.0 Å². The molecule has 0 radical (unpaired) electrons. The Balaban J connectivity index is 2.05. The Labute approximate surface area is 82.9 Å². The maximum absolute atomic E-state index is 10.9. The van der Waals surface area contributed by atoms with Crippen LogP contribution in [0.3, 0.4) is 0 Å². The molecule has 76 valence electrons. The highest BCUT2D eigenvalue weighted by Crippen LogP contribution is 2.20. The standard InChI is InChI=1S/C10H14N2O2/c13-10(14)8-4-3-7-12(8)9-5-1-2-6-11-9/h1-2,5-6,8-9,11H,3-4,7H2,(H,13,14). The Bertz CT molecular complexity index is 286. The fourth-order valence-electron chi connectivity index (χ4n) is 2.03. The van der Waals surface area contributed by atoms with Crippen LogP contribution in [0.5, 0.6) is 0 Å². The SMILES string of the molecule is O=C(O)C1CCCN1C1C=CC=CN1. The van der Waals surface area contributed by atoms with Gasteiger partial charge in [-0.25, -0.2) is 0 Å². The summed E-state index contributed by atoms with van der Waals surface area (Å²) >= 11 is 0. The lowest BCUT2D eigenvalue weighted by Crippen LogP contribution is -2.48. The highest BCUT2D eigenvalue weighted by atomic mass is 16.4. The lowest BCUT2D eigenvalue weighted by atomic mass is 10.2. The summed E-state index contributed by atoms with van der Waals surface area (Å²) in [6, 6.07) is -0.330. The largest absolute Gasteiger partial charge is 0.480 e. The summed E-state index contributed by atoms with van der Waals surface area (Å²) in [4.78, 5) is 12.9. The van der Waals surface area contributed by atoms with Crippen molar-refractivity contribution in [1.82, 2.24) is 10.2 Å². The van der Waals surface area contributed by atoms with Crippen LogP contribution in [0.2, 0.25) is 0 Å². The zero-order chi connectivity index (χ0) is 9.97. The Morgan fingerprint density at radius 2 is 2.36 bits per heavy atom. The maximum atomic E-state index is 10.9. The fraction of sp³-hybridized carbons (Fsp3) is 0.500. The van der Waals surface area contributed by atoms with Gasteiger partial charge in [-0.1, -0.05) is 6.08 Å². The molecule has 4 heteroatoms. The van der Waals surface area contributed by atoms with Crippen molar-refractivity contribution in [2.24, 2.45) is 0 Å². The van der Waals surface area contributed by atoms with Crippen LogP contribution in [0.15, 0.2) is 24.4 Å². The molecular weight excluding hydrogens is 180 g/mol. The van der Waals surface area contributed by atoms with Gasteiger partial charge < -0.3 is 10.4 Å². The van der Waals surface area contributed by atoms with Crippen molar-refractivity contribution in [3.8, 4) is 0 Å². The smallest absolute Gasteiger partial charge is 0.320 e. The zero-order valence-electron chi connectivity index (χ0n) is 7.89. The molecule has 2 rings (SSSR count). The number of nitrogens with one attached hydrogen (secondary N) is 1. The van der Waals surface area contributed by atoms with Crippen LogP contribution in [0.1, 0.15) is 12.8 Å². The van der Waals surface area contributed by atoms with E-state index in [0.717, 1.165) is 19.4 Å². The van der Waals surface area contributed by atoms with Gasteiger partial charge in [-0.05, 0) is 31.2 Å². The number of carboxylic acids is 1. The van der Waals surface area contributed by atoms with Crippen molar-refractivity contribution in [1.29, 1.82) is 0 Å². The molecule has 2 N–H and O–H groups in total. The normalized spacial score (nSPS) is 31.7. The topological polar surface area (TPSA) is 52.6 Å². The second-order valence-corrected chi connectivity index (χ2v) is 3.59. The molecule has 0 amide bonds. The molecule has 0 aliphatic carbocycles. The number of rotatable bonds is 2. The van der Waals surface area contributed by atoms with Crippen LogP contribution in [0, 0.1) is 0 Å². The fourth-order valence-corrected chi connectivity index (χ4v) is 2.03. The minimum absolute atomic E-state index is 0.0450. The van der Waals surface area contributed by atoms with Gasteiger partial charge in [0.05, 0.1) is 6.17 Å². The third kappa shape index (κ3) is 1.65. The van der Waals surface area contributed by atoms with E-state index < -0.39 is 5.97 Å². The van der Waals surface area contributed by atoms with Gasteiger partial charge in [-0.2, -0.15) is 0 Å². The van der Waals surface area contributed by atoms with Gasteiger partial charge >= 0.3 is 5.97 Å². The van der Waals surface area contributed by atoms with Gasteiger partial charge in [0, 0.05) is 6.54 Å². The molecule has 2 atom stereocenters. The lowest BCUT2D eigenvalue weighted by molar-refractivity contribution is -0.142. The van der Waals surface area contributed by atoms with Crippen molar-refractivity contribution in [2.75, 3.05) is 6.54 Å². The molecule has 1 saturated heterocycles. The summed E-state index contributed by atoms with van der Waals surface area (Å²) in [7, 11) is 0. The number of carbonyl (C=O) groups is 1. The average Bonchev–Trinajstić information content (AvgIpc) is 2.67. The van der Waals surface area contributed by atoms with Gasteiger partial charge in [-0.3, -0.25) is 9.69 Å². The van der Waals surface area contributed by atoms with E-state index in [-0.39, 0.29) is 12.2 Å². The van der Waals surface area contributed by atoms with E-state index in [9.17, 15) is 4.79 Å². The van der Waals surface area contributed by atoms with Crippen molar-refractivity contribution >= 4 is 5.97 Å². The molecule has 14 heavy (non-hydrogen) atoms. The van der Waals surface area contributed by atoms with Crippen LogP contribution in [0.4, 0.5) is 0 Å². The molecule has 2 unspecified atom stereocenters. The predicted octanol–water partition coefficient (Wildman–Crippen LogP) is 0.535. The van der Waals surface area contributed by atoms with Gasteiger partial charge in [0.25, 0.3) is 0 Å². The monoisotopic (exact) mass is 194 g/mol. The quantitative estimate of drug-likeness (QED) is 0.673. The molecule has 2 aliphatic heterocycles. The minimum Gasteiger partial charge on any atom is -0.480 e. The van der Waals surface area contributed by atoms with Crippen LogP contribution in [-0.4, -0.2) is 34.7 Å². The second kappa shape index (κ2) is 3.84. The Morgan fingerprint density at radius 1 is 1.50 bits per heavy atom. The van der Waals surface area contributed by atoms with Crippen LogP contribution >= 0.6 is 0 Å². The number of hydrogen-bond donors (Lipinski definition) is 2. The highest BCUT2D eigenvalue weighted by molar-refractivity contribution is 5.73. The van der Waals surface area contributed by atoms with E-state index in [4.69, 9.17) is 5.11 Å². The third-order valence-corrected chi connectivity index (χ3v) is 2.70. The molecule has 0 saturated carbocycles. The van der Waals surface area contributed by atoms with Crippen molar-refractivity contribution in [3.05, 3.63) is 24.4 Å². The number of allylic oxidation sites excluding steroid dienone is 2. The number of aliphatic carboxylic acids is 1. The number of likely N-dealkylation sites (tertiary alicyclic amines) is 1. The van der Waals surface area contributed by atoms with E-state index in [0.29, 0.717) is 0 Å². The van der Waals surface area contributed by atoms with Gasteiger partial charge in [0.2, 0.25) is 0 Å². The summed E-state index contributed by atoms with van der Waals surface area (Å²) in [6.45, 7) is 0.854. The summed E-state index contributed by atoms with van der Waals surface area (Å²) in [5.41, 5.74) is 0. The van der Waals surface area contributed by atoms with E-state index >= 15 is 0 Å². The number of carboxylic acid groups (broad SMARTS) is 1. The lowest BCUT2D eigenvalue weighted by Gasteiger charge is -2.30. The Morgan fingerprint density at radius 3 is 3.00 bits per heavy atom. The molecule has 0 spiro atoms. The molecule has 0 aromatic carbocycles. The van der Waals surface area contributed by atoms with E-state index in [1.807, 2.05) is 29.3 Å². The molecule has 1 fully saturated rings. The Kier molecular flexibility index (Phi) is 2.54. The minimum atomic E-state index is -0.716. The molecule has 4 nitrogen and oxygen atoms in total. The maximum Gasteiger partial charge on any atom is 0.320 e. The first-order valence-corrected chi connectivity index (χ1v) is 4.87. The Hall–Kier alpha value is -1.29. The van der Waals surface area contributed by atoms with Gasteiger partial charge in [0.15, 0.2) is 0 Å². The second-order valence-electron chi connectivity index (χ2n) is 3.59. The predicted molar refractivity (Wildman–Crippen MR) is 52.6 cm³/mol. The number of nitrogens with zero attached hydrogens (tertiary/aromatic N) is 1. The van der Waals surface area contributed by atoms with E-state index in [1.54, 1.807) is 0 Å².